The number of furan rings is 1. The maximum Gasteiger partial charge on any atom is 0.261 e. The summed E-state index contributed by atoms with van der Waals surface area (Å²) in [4.78, 5) is 21.5. The van der Waals surface area contributed by atoms with Gasteiger partial charge >= 0.3 is 0 Å². The summed E-state index contributed by atoms with van der Waals surface area (Å²) < 4.78 is 28.5. The standard InChI is InChI=1S/C35H38FN3O4/c1-20-14-24(36)15-21(2)31(20)42-29-13-12-23(35(3,4)41)16-25(29)27-19-39(5)34(40)26-17-30(43-32(26)27)28-18-37-33(38-28)22-10-8-6-7-9-11-22/h12-19,22,41H,6-11H2,1-5H3,(H,37,38). The Hall–Kier alpha value is -4.17. The van der Waals surface area contributed by atoms with Crippen molar-refractivity contribution < 1.29 is 18.7 Å². The Morgan fingerprint density at radius 3 is 2.42 bits per heavy atom. The molecule has 0 unspecified atom stereocenters. The lowest BCUT2D eigenvalue weighted by Gasteiger charge is -2.21. The molecule has 1 aliphatic carbocycles. The van der Waals surface area contributed by atoms with Crippen LogP contribution < -0.4 is 10.3 Å². The van der Waals surface area contributed by atoms with E-state index in [0.29, 0.717) is 62.0 Å². The Kier molecular flexibility index (Phi) is 7.50. The molecule has 3 heterocycles. The van der Waals surface area contributed by atoms with Gasteiger partial charge in [-0.05, 0) is 87.6 Å². The number of hydrogen-bond acceptors (Lipinski definition) is 5. The number of halogens is 1. The number of aryl methyl sites for hydroxylation is 3. The highest BCUT2D eigenvalue weighted by molar-refractivity contribution is 5.95. The molecule has 43 heavy (non-hydrogen) atoms. The molecule has 6 rings (SSSR count). The monoisotopic (exact) mass is 583 g/mol. The number of imidazole rings is 1. The van der Waals surface area contributed by atoms with Gasteiger partial charge in [0.25, 0.3) is 5.56 Å². The third kappa shape index (κ3) is 5.64. The summed E-state index contributed by atoms with van der Waals surface area (Å²) in [6.45, 7) is 7.03. The highest BCUT2D eigenvalue weighted by Gasteiger charge is 2.25. The van der Waals surface area contributed by atoms with E-state index < -0.39 is 5.60 Å². The number of hydrogen-bond donors (Lipinski definition) is 2. The lowest BCUT2D eigenvalue weighted by Crippen LogP contribution is -2.17. The fourth-order valence-electron chi connectivity index (χ4n) is 6.18. The van der Waals surface area contributed by atoms with E-state index in [1.807, 2.05) is 6.07 Å². The molecule has 3 aromatic heterocycles. The zero-order valence-electron chi connectivity index (χ0n) is 25.4. The van der Waals surface area contributed by atoms with Gasteiger partial charge in [-0.2, -0.15) is 0 Å². The highest BCUT2D eigenvalue weighted by Crippen LogP contribution is 2.42. The Morgan fingerprint density at radius 1 is 1.05 bits per heavy atom. The van der Waals surface area contributed by atoms with Gasteiger partial charge in [-0.1, -0.05) is 31.7 Å². The molecular weight excluding hydrogens is 545 g/mol. The molecule has 1 saturated carbocycles. The number of benzene rings is 2. The van der Waals surface area contributed by atoms with Crippen molar-refractivity contribution in [1.29, 1.82) is 0 Å². The van der Waals surface area contributed by atoms with Crippen LogP contribution in [0.2, 0.25) is 0 Å². The lowest BCUT2D eigenvalue weighted by atomic mass is 9.93. The number of nitrogens with one attached hydrogen (secondary N) is 1. The molecule has 1 fully saturated rings. The number of aromatic nitrogens is 3. The number of pyridine rings is 1. The normalized spacial score (nSPS) is 14.8. The van der Waals surface area contributed by atoms with E-state index in [9.17, 15) is 14.3 Å². The average molecular weight is 584 g/mol. The number of aromatic amines is 1. The van der Waals surface area contributed by atoms with Crippen LogP contribution in [0.25, 0.3) is 33.6 Å². The predicted octanol–water partition coefficient (Wildman–Crippen LogP) is 8.40. The molecule has 0 saturated heterocycles. The molecule has 0 bridgehead atoms. The SMILES string of the molecule is Cc1cc(F)cc(C)c1Oc1ccc(C(C)(C)O)cc1-c1cn(C)c(=O)c2cc(-c3cnc(C4CCCCCC4)[nH]3)oc12. The molecule has 0 radical (unpaired) electrons. The zero-order valence-corrected chi connectivity index (χ0v) is 25.4. The van der Waals surface area contributed by atoms with Crippen LogP contribution in [0.1, 0.15) is 80.8 Å². The van der Waals surface area contributed by atoms with Gasteiger partial charge in [0.15, 0.2) is 5.76 Å². The van der Waals surface area contributed by atoms with E-state index in [1.54, 1.807) is 65.3 Å². The lowest BCUT2D eigenvalue weighted by molar-refractivity contribution is 0.0786. The predicted molar refractivity (Wildman–Crippen MR) is 166 cm³/mol. The molecule has 5 aromatic rings. The van der Waals surface area contributed by atoms with Crippen molar-refractivity contribution >= 4 is 11.0 Å². The largest absolute Gasteiger partial charge is 0.456 e. The van der Waals surface area contributed by atoms with Crippen LogP contribution in [0.15, 0.2) is 58.0 Å². The molecule has 0 amide bonds. The molecule has 8 heteroatoms. The number of ether oxygens (including phenoxy) is 1. The first-order chi connectivity index (χ1) is 20.5. The van der Waals surface area contributed by atoms with Crippen LogP contribution in [0, 0.1) is 19.7 Å². The molecule has 2 N–H and O–H groups in total. The summed E-state index contributed by atoms with van der Waals surface area (Å²) >= 11 is 0. The van der Waals surface area contributed by atoms with Crippen LogP contribution in [-0.2, 0) is 12.6 Å². The Morgan fingerprint density at radius 2 is 1.74 bits per heavy atom. The molecule has 1 aliphatic rings. The van der Waals surface area contributed by atoms with Crippen LogP contribution in [0.3, 0.4) is 0 Å². The number of nitrogens with zero attached hydrogens (tertiary/aromatic N) is 2. The number of fused-ring (bicyclic) bond motifs is 1. The number of H-pyrrole nitrogens is 1. The minimum atomic E-state index is -1.13. The van der Waals surface area contributed by atoms with Gasteiger partial charge in [-0.25, -0.2) is 9.37 Å². The van der Waals surface area contributed by atoms with E-state index in [1.165, 1.54) is 42.4 Å². The van der Waals surface area contributed by atoms with Crippen molar-refractivity contribution in [1.82, 2.24) is 14.5 Å². The van der Waals surface area contributed by atoms with Gasteiger partial charge in [-0.3, -0.25) is 4.79 Å². The van der Waals surface area contributed by atoms with Gasteiger partial charge < -0.3 is 23.8 Å². The molecule has 224 valence electrons. The summed E-state index contributed by atoms with van der Waals surface area (Å²) in [5.74, 6) is 2.59. The van der Waals surface area contributed by atoms with Crippen LogP contribution >= 0.6 is 0 Å². The Labute approximate surface area is 250 Å². The van der Waals surface area contributed by atoms with Gasteiger partial charge in [-0.15, -0.1) is 0 Å². The quantitative estimate of drug-likeness (QED) is 0.196. The molecule has 2 aromatic carbocycles. The first kappa shape index (κ1) is 28.9. The summed E-state index contributed by atoms with van der Waals surface area (Å²) in [6, 6.07) is 10.1. The van der Waals surface area contributed by atoms with Gasteiger partial charge in [0.2, 0.25) is 0 Å². The van der Waals surface area contributed by atoms with Crippen molar-refractivity contribution in [3.8, 4) is 34.1 Å². The molecular formula is C35H38FN3O4. The van der Waals surface area contributed by atoms with Crippen LogP contribution in [0.5, 0.6) is 11.5 Å². The van der Waals surface area contributed by atoms with E-state index >= 15 is 0 Å². The van der Waals surface area contributed by atoms with E-state index in [2.05, 4.69) is 4.98 Å². The average Bonchev–Trinajstić information content (AvgIpc) is 3.53. The third-order valence-corrected chi connectivity index (χ3v) is 8.57. The molecule has 7 nitrogen and oxygen atoms in total. The maximum absolute atomic E-state index is 14.1. The first-order valence-electron chi connectivity index (χ1n) is 15.0. The fraction of sp³-hybridized carbons (Fsp3) is 0.371. The smallest absolute Gasteiger partial charge is 0.261 e. The zero-order chi connectivity index (χ0) is 30.5. The molecule has 0 aliphatic heterocycles. The van der Waals surface area contributed by atoms with Crippen molar-refractivity contribution in [2.75, 3.05) is 0 Å². The second-order valence-corrected chi connectivity index (χ2v) is 12.4. The summed E-state index contributed by atoms with van der Waals surface area (Å²) in [7, 11) is 1.70. The van der Waals surface area contributed by atoms with E-state index in [0.717, 1.165) is 24.4 Å². The Balaban J connectivity index is 1.50. The van der Waals surface area contributed by atoms with Crippen molar-refractivity contribution in [2.45, 2.75) is 77.7 Å². The van der Waals surface area contributed by atoms with Gasteiger partial charge in [0, 0.05) is 30.3 Å². The minimum Gasteiger partial charge on any atom is -0.456 e. The molecule has 0 spiro atoms. The second-order valence-electron chi connectivity index (χ2n) is 12.4. The third-order valence-electron chi connectivity index (χ3n) is 8.57. The van der Waals surface area contributed by atoms with Gasteiger partial charge in [0.05, 0.1) is 17.2 Å². The van der Waals surface area contributed by atoms with Gasteiger partial charge in [0.1, 0.15) is 34.4 Å². The van der Waals surface area contributed by atoms with E-state index in [-0.39, 0.29) is 11.4 Å². The summed E-state index contributed by atoms with van der Waals surface area (Å²) in [5.41, 5.74) is 3.05. The summed E-state index contributed by atoms with van der Waals surface area (Å²) in [6.07, 6.45) is 10.7. The highest BCUT2D eigenvalue weighted by atomic mass is 19.1. The fourth-order valence-corrected chi connectivity index (χ4v) is 6.18. The van der Waals surface area contributed by atoms with Crippen molar-refractivity contribution in [3.63, 3.8) is 0 Å². The first-order valence-corrected chi connectivity index (χ1v) is 15.0. The van der Waals surface area contributed by atoms with E-state index in [4.69, 9.17) is 14.1 Å². The maximum atomic E-state index is 14.1. The number of rotatable bonds is 6. The second kappa shape index (κ2) is 11.2. The number of aliphatic hydroxyl groups is 1. The van der Waals surface area contributed by atoms with Crippen LogP contribution in [0.4, 0.5) is 4.39 Å². The Bertz CT molecular complexity index is 1840. The van der Waals surface area contributed by atoms with Crippen molar-refractivity contribution in [2.24, 2.45) is 7.05 Å². The molecule has 0 atom stereocenters. The van der Waals surface area contributed by atoms with Crippen LogP contribution in [-0.4, -0.2) is 19.6 Å². The topological polar surface area (TPSA) is 93.3 Å². The summed E-state index contributed by atoms with van der Waals surface area (Å²) in [5, 5.41) is 11.3. The minimum absolute atomic E-state index is 0.191. The van der Waals surface area contributed by atoms with Crippen molar-refractivity contribution in [3.05, 3.63) is 87.5 Å².